The van der Waals surface area contributed by atoms with Gasteiger partial charge < -0.3 is 20.3 Å². The van der Waals surface area contributed by atoms with Crippen molar-refractivity contribution in [2.45, 2.75) is 12.8 Å². The number of benzene rings is 2. The van der Waals surface area contributed by atoms with Crippen molar-refractivity contribution >= 4 is 28.9 Å². The van der Waals surface area contributed by atoms with Crippen LogP contribution in [0.3, 0.4) is 0 Å². The van der Waals surface area contributed by atoms with E-state index in [2.05, 4.69) is 15.5 Å². The lowest BCUT2D eigenvalue weighted by Crippen LogP contribution is -2.38. The third kappa shape index (κ3) is 3.71. The van der Waals surface area contributed by atoms with E-state index in [0.29, 0.717) is 37.4 Å². The Bertz CT molecular complexity index is 875. The number of hydrogen-bond donors (Lipinski definition) is 2. The smallest absolute Gasteiger partial charge is 0.240 e. The van der Waals surface area contributed by atoms with Crippen LogP contribution in [0.2, 0.25) is 0 Å². The summed E-state index contributed by atoms with van der Waals surface area (Å²) >= 11 is 0. The van der Waals surface area contributed by atoms with E-state index in [9.17, 15) is 14.0 Å². The molecule has 0 radical (unpaired) electrons. The van der Waals surface area contributed by atoms with Crippen molar-refractivity contribution in [1.29, 1.82) is 0 Å². The number of nitrogens with one attached hydrogen (secondary N) is 2. The predicted octanol–water partition coefficient (Wildman–Crippen LogP) is 3.02. The van der Waals surface area contributed by atoms with Crippen LogP contribution in [-0.2, 0) is 14.3 Å². The Morgan fingerprint density at radius 3 is 2.25 bits per heavy atom. The Labute approximate surface area is 162 Å². The van der Waals surface area contributed by atoms with Crippen molar-refractivity contribution in [3.8, 4) is 0 Å². The second kappa shape index (κ2) is 7.59. The summed E-state index contributed by atoms with van der Waals surface area (Å²) in [6.45, 7) is 2.80. The van der Waals surface area contributed by atoms with Gasteiger partial charge in [0.05, 0.1) is 24.6 Å². The molecule has 6 nitrogen and oxygen atoms in total. The number of anilines is 3. The number of carbonyl (C=O) groups is 2. The second-order valence-corrected chi connectivity index (χ2v) is 7.11. The molecule has 0 bridgehead atoms. The number of amides is 2. The summed E-state index contributed by atoms with van der Waals surface area (Å²) in [6, 6.07) is 13.1. The highest BCUT2D eigenvalue weighted by atomic mass is 19.1. The Morgan fingerprint density at radius 1 is 0.929 bits per heavy atom. The molecule has 2 fully saturated rings. The molecule has 1 saturated heterocycles. The second-order valence-electron chi connectivity index (χ2n) is 7.11. The number of carbonyl (C=O) groups excluding carboxylic acids is 2. The SMILES string of the molecule is O=C(Nc1ccc(F)cc1)C1(C(=O)Nc2ccccc2N2CCOCC2)CC1. The van der Waals surface area contributed by atoms with E-state index in [4.69, 9.17) is 4.74 Å². The Kier molecular flexibility index (Phi) is 5.00. The first kappa shape index (κ1) is 18.4. The van der Waals surface area contributed by atoms with E-state index in [0.717, 1.165) is 18.8 Å². The molecular weight excluding hydrogens is 361 g/mol. The van der Waals surface area contributed by atoms with Gasteiger partial charge in [-0.2, -0.15) is 0 Å². The van der Waals surface area contributed by atoms with Gasteiger partial charge in [-0.05, 0) is 49.2 Å². The first-order valence-corrected chi connectivity index (χ1v) is 9.39. The number of rotatable bonds is 5. The lowest BCUT2D eigenvalue weighted by Gasteiger charge is -2.30. The molecule has 1 aliphatic carbocycles. The van der Waals surface area contributed by atoms with Crippen molar-refractivity contribution < 1.29 is 18.7 Å². The van der Waals surface area contributed by atoms with Crippen molar-refractivity contribution in [1.82, 2.24) is 0 Å². The normalized spacial score (nSPS) is 17.7. The number of para-hydroxylation sites is 2. The maximum atomic E-state index is 13.0. The minimum absolute atomic E-state index is 0.312. The van der Waals surface area contributed by atoms with Crippen LogP contribution in [0.25, 0.3) is 0 Å². The number of nitrogens with zero attached hydrogens (tertiary/aromatic N) is 1. The van der Waals surface area contributed by atoms with Crippen LogP contribution in [0.4, 0.5) is 21.5 Å². The molecule has 2 N–H and O–H groups in total. The van der Waals surface area contributed by atoms with Crippen LogP contribution in [0, 0.1) is 11.2 Å². The van der Waals surface area contributed by atoms with Crippen molar-refractivity contribution in [3.05, 3.63) is 54.3 Å². The first-order valence-electron chi connectivity index (χ1n) is 9.39. The molecule has 2 amide bonds. The molecule has 1 heterocycles. The van der Waals surface area contributed by atoms with Crippen LogP contribution in [0.15, 0.2) is 48.5 Å². The van der Waals surface area contributed by atoms with Crippen LogP contribution in [0.1, 0.15) is 12.8 Å². The Balaban J connectivity index is 1.47. The summed E-state index contributed by atoms with van der Waals surface area (Å²) in [5.41, 5.74) is 1.01. The molecule has 146 valence electrons. The fourth-order valence-corrected chi connectivity index (χ4v) is 3.37. The van der Waals surface area contributed by atoms with E-state index in [1.807, 2.05) is 24.3 Å². The van der Waals surface area contributed by atoms with Crippen LogP contribution >= 0.6 is 0 Å². The Morgan fingerprint density at radius 2 is 1.57 bits per heavy atom. The number of hydrogen-bond acceptors (Lipinski definition) is 4. The van der Waals surface area contributed by atoms with Gasteiger partial charge in [0.25, 0.3) is 0 Å². The van der Waals surface area contributed by atoms with Gasteiger partial charge >= 0.3 is 0 Å². The van der Waals surface area contributed by atoms with Gasteiger partial charge in [0, 0.05) is 18.8 Å². The minimum Gasteiger partial charge on any atom is -0.378 e. The molecule has 0 atom stereocenters. The van der Waals surface area contributed by atoms with Crippen LogP contribution in [-0.4, -0.2) is 38.1 Å². The lowest BCUT2D eigenvalue weighted by atomic mass is 10.0. The first-order chi connectivity index (χ1) is 13.6. The molecule has 4 rings (SSSR count). The molecular formula is C21H22FN3O3. The highest BCUT2D eigenvalue weighted by Gasteiger charge is 2.56. The molecule has 0 spiro atoms. The van der Waals surface area contributed by atoms with Gasteiger partial charge in [0.2, 0.25) is 11.8 Å². The predicted molar refractivity (Wildman–Crippen MR) is 105 cm³/mol. The molecule has 7 heteroatoms. The largest absolute Gasteiger partial charge is 0.378 e. The molecule has 1 aliphatic heterocycles. The van der Waals surface area contributed by atoms with Crippen LogP contribution in [0.5, 0.6) is 0 Å². The van der Waals surface area contributed by atoms with Crippen molar-refractivity contribution in [3.63, 3.8) is 0 Å². The fourth-order valence-electron chi connectivity index (χ4n) is 3.37. The molecule has 2 aromatic carbocycles. The maximum Gasteiger partial charge on any atom is 0.240 e. The average molecular weight is 383 g/mol. The third-order valence-electron chi connectivity index (χ3n) is 5.23. The molecule has 1 saturated carbocycles. The van der Waals surface area contributed by atoms with Crippen molar-refractivity contribution in [2.24, 2.45) is 5.41 Å². The van der Waals surface area contributed by atoms with Gasteiger partial charge in [-0.15, -0.1) is 0 Å². The molecule has 0 aromatic heterocycles. The van der Waals surface area contributed by atoms with Gasteiger partial charge in [0.1, 0.15) is 11.2 Å². The zero-order valence-electron chi connectivity index (χ0n) is 15.4. The third-order valence-corrected chi connectivity index (χ3v) is 5.23. The maximum absolute atomic E-state index is 13.0. The molecule has 2 aromatic rings. The number of morpholine rings is 1. The van der Waals surface area contributed by atoms with Gasteiger partial charge in [0.15, 0.2) is 0 Å². The van der Waals surface area contributed by atoms with Gasteiger partial charge in [-0.25, -0.2) is 4.39 Å². The molecule has 0 unspecified atom stereocenters. The summed E-state index contributed by atoms with van der Waals surface area (Å²) in [7, 11) is 0. The zero-order valence-corrected chi connectivity index (χ0v) is 15.4. The lowest BCUT2D eigenvalue weighted by molar-refractivity contribution is -0.131. The summed E-state index contributed by atoms with van der Waals surface area (Å²) in [5.74, 6) is -1.05. The molecule has 28 heavy (non-hydrogen) atoms. The number of ether oxygens (including phenoxy) is 1. The number of halogens is 1. The van der Waals surface area contributed by atoms with E-state index in [1.165, 1.54) is 24.3 Å². The molecule has 2 aliphatic rings. The topological polar surface area (TPSA) is 70.7 Å². The van der Waals surface area contributed by atoms with E-state index < -0.39 is 5.41 Å². The summed E-state index contributed by atoms with van der Waals surface area (Å²) < 4.78 is 18.4. The van der Waals surface area contributed by atoms with Crippen LogP contribution < -0.4 is 15.5 Å². The summed E-state index contributed by atoms with van der Waals surface area (Å²) in [4.78, 5) is 27.8. The monoisotopic (exact) mass is 383 g/mol. The van der Waals surface area contributed by atoms with Gasteiger partial charge in [-0.3, -0.25) is 9.59 Å². The highest BCUT2D eigenvalue weighted by Crippen LogP contribution is 2.48. The average Bonchev–Trinajstić information content (AvgIpc) is 3.53. The summed E-state index contributed by atoms with van der Waals surface area (Å²) in [6.07, 6.45) is 0.983. The minimum atomic E-state index is -1.08. The van der Waals surface area contributed by atoms with E-state index >= 15 is 0 Å². The fraction of sp³-hybridized carbons (Fsp3) is 0.333. The summed E-state index contributed by atoms with van der Waals surface area (Å²) in [5, 5.41) is 5.67. The standard InChI is InChI=1S/C21H22FN3O3/c22-15-5-7-16(8-6-15)23-19(26)21(9-10-21)20(27)24-17-3-1-2-4-18(17)25-11-13-28-14-12-25/h1-8H,9-14H2,(H,23,26)(H,24,27). The van der Waals surface area contributed by atoms with E-state index in [1.54, 1.807) is 0 Å². The highest BCUT2D eigenvalue weighted by molar-refractivity contribution is 6.17. The zero-order chi connectivity index (χ0) is 19.6. The van der Waals surface area contributed by atoms with Crippen molar-refractivity contribution in [2.75, 3.05) is 41.8 Å². The Hall–Kier alpha value is -2.93. The van der Waals surface area contributed by atoms with E-state index in [-0.39, 0.29) is 17.6 Å². The quantitative estimate of drug-likeness (QED) is 0.779. The van der Waals surface area contributed by atoms with Gasteiger partial charge in [-0.1, -0.05) is 12.1 Å².